The first-order valence-electron chi connectivity index (χ1n) is 10.7. The minimum atomic E-state index is -1.57. The number of nitro benzene ring substituents is 1. The van der Waals surface area contributed by atoms with Gasteiger partial charge in [0, 0.05) is 24.0 Å². The van der Waals surface area contributed by atoms with Gasteiger partial charge >= 0.3 is 5.97 Å². The number of anilines is 1. The number of hydrogen-bond acceptors (Lipinski definition) is 10. The highest BCUT2D eigenvalue weighted by Crippen LogP contribution is 2.37. The van der Waals surface area contributed by atoms with Crippen LogP contribution in [-0.2, 0) is 6.54 Å². The number of nitrogens with zero attached hydrogens (tertiary/aromatic N) is 4. The number of benzene rings is 2. The predicted molar refractivity (Wildman–Crippen MR) is 138 cm³/mol. The monoisotopic (exact) mass is 534 g/mol. The number of nitro groups is 1. The fourth-order valence-corrected chi connectivity index (χ4v) is 5.83. The largest absolute Gasteiger partial charge is 0.477 e. The van der Waals surface area contributed by atoms with Gasteiger partial charge in [0.05, 0.1) is 26.3 Å². The van der Waals surface area contributed by atoms with Crippen molar-refractivity contribution in [3.8, 4) is 6.07 Å². The highest BCUT2D eigenvalue weighted by molar-refractivity contribution is 8.01. The summed E-state index contributed by atoms with van der Waals surface area (Å²) in [4.78, 5) is 43.9. The molecule has 0 aliphatic rings. The second kappa shape index (κ2) is 10.7. The Labute approximate surface area is 218 Å². The highest BCUT2D eigenvalue weighted by Gasteiger charge is 2.27. The van der Waals surface area contributed by atoms with E-state index in [1.165, 1.54) is 35.2 Å². The Hall–Kier alpha value is -4.38. The zero-order valence-corrected chi connectivity index (χ0v) is 21.1. The predicted octanol–water partition coefficient (Wildman–Crippen LogP) is 4.60. The zero-order valence-electron chi connectivity index (χ0n) is 19.4. The number of aryl methyl sites for hydroxylation is 1. The number of aromatic nitrogens is 2. The van der Waals surface area contributed by atoms with Crippen molar-refractivity contribution in [1.82, 2.24) is 15.3 Å². The summed E-state index contributed by atoms with van der Waals surface area (Å²) in [5.74, 6) is -2.37. The van der Waals surface area contributed by atoms with Gasteiger partial charge in [-0.15, -0.1) is 11.3 Å². The van der Waals surface area contributed by atoms with E-state index in [9.17, 15) is 30.1 Å². The Balaban J connectivity index is 1.62. The first kappa shape index (κ1) is 25.7. The second-order valence-corrected chi connectivity index (χ2v) is 9.99. The lowest BCUT2D eigenvalue weighted by atomic mass is 10.0. The number of carbonyl (C=O) groups is 2. The molecule has 2 heterocycles. The van der Waals surface area contributed by atoms with E-state index >= 15 is 0 Å². The number of carboxylic acids is 1. The zero-order chi connectivity index (χ0) is 26.7. The molecule has 0 bridgehead atoms. The quantitative estimate of drug-likeness (QED) is 0.214. The Bertz CT molecular complexity index is 1610. The van der Waals surface area contributed by atoms with Gasteiger partial charge in [0.1, 0.15) is 16.7 Å². The number of nitrogens with one attached hydrogen (secondary N) is 2. The molecular formula is C24H18N6O5S2. The standard InChI is InChI=1S/C24H18N6O5S2/c1-12-8-13(11-26-2)16(10-25)22(27-12)37-24-29-17-7-6-14(9-19(17)36-24)28-21(31)15-4-3-5-18(30(34)35)20(15)23(32)33/h3-9,26H,11H2,1-2H3,(H,28,31)(H,32,33). The molecule has 186 valence electrons. The third kappa shape index (κ3) is 5.41. The summed E-state index contributed by atoms with van der Waals surface area (Å²) < 4.78 is 1.38. The molecule has 4 rings (SSSR count). The van der Waals surface area contributed by atoms with Crippen LogP contribution in [0.3, 0.4) is 0 Å². The number of aromatic carboxylic acids is 1. The second-order valence-electron chi connectivity index (χ2n) is 7.73. The molecule has 0 radical (unpaired) electrons. The van der Waals surface area contributed by atoms with E-state index in [4.69, 9.17) is 0 Å². The van der Waals surface area contributed by atoms with Gasteiger partial charge in [-0.1, -0.05) is 6.07 Å². The smallest absolute Gasteiger partial charge is 0.343 e. The minimum Gasteiger partial charge on any atom is -0.477 e. The average Bonchev–Trinajstić information content (AvgIpc) is 3.25. The van der Waals surface area contributed by atoms with Crippen LogP contribution < -0.4 is 10.6 Å². The van der Waals surface area contributed by atoms with Crippen LogP contribution >= 0.6 is 23.1 Å². The maximum Gasteiger partial charge on any atom is 0.343 e. The molecule has 2 aromatic carbocycles. The maximum atomic E-state index is 12.8. The Kier molecular flexibility index (Phi) is 7.44. The Morgan fingerprint density at radius 3 is 2.70 bits per heavy atom. The molecule has 0 aliphatic carbocycles. The number of thiazole rings is 1. The SMILES string of the molecule is CNCc1cc(C)nc(Sc2nc3ccc(NC(=O)c4cccc([N+](=O)[O-])c4C(=O)O)cc3s2)c1C#N. The lowest BCUT2D eigenvalue weighted by Crippen LogP contribution is -2.17. The van der Waals surface area contributed by atoms with Gasteiger partial charge < -0.3 is 15.7 Å². The van der Waals surface area contributed by atoms with E-state index in [1.807, 2.05) is 13.0 Å². The van der Waals surface area contributed by atoms with Gasteiger partial charge in [-0.2, -0.15) is 5.26 Å². The molecule has 1 amide bonds. The van der Waals surface area contributed by atoms with Gasteiger partial charge in [0.25, 0.3) is 11.6 Å². The van der Waals surface area contributed by atoms with Gasteiger partial charge in [0.15, 0.2) is 4.34 Å². The Morgan fingerprint density at radius 1 is 1.24 bits per heavy atom. The van der Waals surface area contributed by atoms with Crippen molar-refractivity contribution in [1.29, 1.82) is 5.26 Å². The minimum absolute atomic E-state index is 0.325. The molecule has 37 heavy (non-hydrogen) atoms. The van der Waals surface area contributed by atoms with Crippen LogP contribution in [0.1, 0.15) is 37.5 Å². The third-order valence-electron chi connectivity index (χ3n) is 5.18. The van der Waals surface area contributed by atoms with E-state index in [1.54, 1.807) is 25.2 Å². The highest BCUT2D eigenvalue weighted by atomic mass is 32.2. The normalized spacial score (nSPS) is 10.7. The fourth-order valence-electron chi connectivity index (χ4n) is 3.65. The third-order valence-corrected chi connectivity index (χ3v) is 7.25. The van der Waals surface area contributed by atoms with Crippen molar-refractivity contribution >= 4 is 56.6 Å². The van der Waals surface area contributed by atoms with E-state index in [2.05, 4.69) is 26.7 Å². The number of pyridine rings is 1. The van der Waals surface area contributed by atoms with Gasteiger partial charge in [0.2, 0.25) is 0 Å². The molecule has 4 aromatic rings. The van der Waals surface area contributed by atoms with Crippen molar-refractivity contribution in [3.63, 3.8) is 0 Å². The molecule has 3 N–H and O–H groups in total. The summed E-state index contributed by atoms with van der Waals surface area (Å²) in [5.41, 5.74) is 1.44. The maximum absolute atomic E-state index is 12.8. The number of fused-ring (bicyclic) bond motifs is 1. The van der Waals surface area contributed by atoms with Crippen LogP contribution in [0, 0.1) is 28.4 Å². The molecule has 0 saturated carbocycles. The van der Waals surface area contributed by atoms with E-state index in [0.29, 0.717) is 32.7 Å². The molecule has 2 aromatic heterocycles. The molecule has 0 fully saturated rings. The number of carbonyl (C=O) groups excluding carboxylic acids is 1. The van der Waals surface area contributed by atoms with E-state index in [-0.39, 0.29) is 5.56 Å². The molecule has 0 atom stereocenters. The first-order valence-corrected chi connectivity index (χ1v) is 12.3. The molecule has 0 saturated heterocycles. The van der Waals surface area contributed by atoms with Crippen LogP contribution in [0.25, 0.3) is 10.2 Å². The van der Waals surface area contributed by atoms with E-state index in [0.717, 1.165) is 22.0 Å². The fraction of sp³-hybridized carbons (Fsp3) is 0.125. The van der Waals surface area contributed by atoms with Gasteiger partial charge in [-0.3, -0.25) is 14.9 Å². The van der Waals surface area contributed by atoms with Gasteiger partial charge in [-0.05, 0) is 61.6 Å². The van der Waals surface area contributed by atoms with Crippen molar-refractivity contribution in [2.24, 2.45) is 0 Å². The average molecular weight is 535 g/mol. The molecule has 13 heteroatoms. The molecule has 11 nitrogen and oxygen atoms in total. The molecular weight excluding hydrogens is 516 g/mol. The number of amides is 1. The molecule has 0 aliphatic heterocycles. The molecule has 0 spiro atoms. The summed E-state index contributed by atoms with van der Waals surface area (Å²) >= 11 is 2.61. The summed E-state index contributed by atoms with van der Waals surface area (Å²) in [5, 5.41) is 36.6. The van der Waals surface area contributed by atoms with Crippen LogP contribution in [0.2, 0.25) is 0 Å². The summed E-state index contributed by atoms with van der Waals surface area (Å²) in [7, 11) is 1.80. The topological polar surface area (TPSA) is 171 Å². The number of rotatable bonds is 8. The molecule has 0 unspecified atom stereocenters. The van der Waals surface area contributed by atoms with Crippen LogP contribution in [0.4, 0.5) is 11.4 Å². The van der Waals surface area contributed by atoms with Crippen LogP contribution in [0.15, 0.2) is 51.8 Å². The summed E-state index contributed by atoms with van der Waals surface area (Å²) in [6, 6.07) is 12.6. The lowest BCUT2D eigenvalue weighted by molar-refractivity contribution is -0.385. The van der Waals surface area contributed by atoms with Crippen LogP contribution in [-0.4, -0.2) is 38.9 Å². The van der Waals surface area contributed by atoms with Crippen molar-refractivity contribution in [2.75, 3.05) is 12.4 Å². The summed E-state index contributed by atoms with van der Waals surface area (Å²) in [6.45, 7) is 2.38. The van der Waals surface area contributed by atoms with E-state index < -0.39 is 28.1 Å². The van der Waals surface area contributed by atoms with Crippen molar-refractivity contribution in [3.05, 3.63) is 80.5 Å². The summed E-state index contributed by atoms with van der Waals surface area (Å²) in [6.07, 6.45) is 0. The first-order chi connectivity index (χ1) is 17.7. The van der Waals surface area contributed by atoms with Crippen molar-refractivity contribution in [2.45, 2.75) is 22.8 Å². The van der Waals surface area contributed by atoms with Crippen molar-refractivity contribution < 1.29 is 19.6 Å². The number of nitriles is 1. The number of carboxylic acid groups (broad SMARTS) is 1. The number of hydrogen-bond donors (Lipinski definition) is 3. The lowest BCUT2D eigenvalue weighted by Gasteiger charge is -2.08. The Morgan fingerprint density at radius 2 is 2.03 bits per heavy atom. The van der Waals surface area contributed by atoms with Crippen LogP contribution in [0.5, 0.6) is 0 Å². The van der Waals surface area contributed by atoms with Gasteiger partial charge in [-0.25, -0.2) is 14.8 Å².